The minimum Gasteiger partial charge on any atom is -0.497 e. The molecule has 0 bridgehead atoms. The lowest BCUT2D eigenvalue weighted by Gasteiger charge is -2.35. The van der Waals surface area contributed by atoms with Gasteiger partial charge in [0.2, 0.25) is 0 Å². The van der Waals surface area contributed by atoms with Crippen molar-refractivity contribution in [1.82, 2.24) is 14.9 Å². The maximum absolute atomic E-state index is 5.99. The zero-order valence-corrected chi connectivity index (χ0v) is 15.1. The maximum atomic E-state index is 5.99. The molecule has 3 atom stereocenters. The lowest BCUT2D eigenvalue weighted by molar-refractivity contribution is -0.00592. The van der Waals surface area contributed by atoms with Crippen LogP contribution >= 0.6 is 0 Å². The summed E-state index contributed by atoms with van der Waals surface area (Å²) in [6.45, 7) is 0.810. The molecule has 0 spiro atoms. The molecule has 0 saturated carbocycles. The SMILES string of the molecule is COc1ccc2c(c1)C[C@H](N[C@@H]1CCO[C@H](c3cncn3C)C1)CC2. The second kappa shape index (κ2) is 7.18. The van der Waals surface area contributed by atoms with Crippen molar-refractivity contribution in [2.45, 2.75) is 50.3 Å². The number of hydrogen-bond acceptors (Lipinski definition) is 4. The minimum absolute atomic E-state index is 0.148. The molecule has 4 rings (SSSR count). The van der Waals surface area contributed by atoms with Gasteiger partial charge in [-0.1, -0.05) is 6.07 Å². The Kier molecular flexibility index (Phi) is 4.77. The third-order valence-corrected chi connectivity index (χ3v) is 5.58. The average Bonchev–Trinajstić information content (AvgIpc) is 3.07. The zero-order chi connectivity index (χ0) is 17.2. The fraction of sp³-hybridized carbons (Fsp3) is 0.550. The number of benzene rings is 1. The van der Waals surface area contributed by atoms with Crippen molar-refractivity contribution in [3.05, 3.63) is 47.5 Å². The van der Waals surface area contributed by atoms with Crippen molar-refractivity contribution in [3.8, 4) is 5.75 Å². The normalized spacial score (nSPS) is 26.2. The van der Waals surface area contributed by atoms with Crippen LogP contribution in [0.1, 0.15) is 42.2 Å². The first-order valence-corrected chi connectivity index (χ1v) is 9.22. The van der Waals surface area contributed by atoms with Crippen LogP contribution in [0.4, 0.5) is 0 Å². The lowest BCUT2D eigenvalue weighted by atomic mass is 9.87. The summed E-state index contributed by atoms with van der Waals surface area (Å²) >= 11 is 0. The van der Waals surface area contributed by atoms with Crippen LogP contribution in [0.5, 0.6) is 5.75 Å². The number of imidazole rings is 1. The molecule has 2 aliphatic rings. The molecule has 0 amide bonds. The van der Waals surface area contributed by atoms with Crippen LogP contribution in [0.15, 0.2) is 30.7 Å². The van der Waals surface area contributed by atoms with E-state index in [0.717, 1.165) is 38.0 Å². The van der Waals surface area contributed by atoms with E-state index >= 15 is 0 Å². The van der Waals surface area contributed by atoms with Crippen LogP contribution in [0.2, 0.25) is 0 Å². The average molecular weight is 341 g/mol. The predicted octanol–water partition coefficient (Wildman–Crippen LogP) is 2.80. The molecule has 1 aromatic carbocycles. The van der Waals surface area contributed by atoms with Crippen molar-refractivity contribution in [2.75, 3.05) is 13.7 Å². The van der Waals surface area contributed by atoms with E-state index in [-0.39, 0.29) is 6.10 Å². The van der Waals surface area contributed by atoms with Gasteiger partial charge in [-0.25, -0.2) is 4.98 Å². The standard InChI is InChI=1S/C20H27N3O2/c1-23-13-21-12-19(23)20-11-17(7-8-25-20)22-16-5-3-14-4-6-18(24-2)10-15(14)9-16/h4,6,10,12-13,16-17,20,22H,3,5,7-9,11H2,1-2H3/t16-,17-,20+/m1/s1. The largest absolute Gasteiger partial charge is 0.497 e. The number of aromatic nitrogens is 2. The highest BCUT2D eigenvalue weighted by atomic mass is 16.5. The monoisotopic (exact) mass is 341 g/mol. The first kappa shape index (κ1) is 16.6. The summed E-state index contributed by atoms with van der Waals surface area (Å²) in [5, 5.41) is 3.90. The van der Waals surface area contributed by atoms with Crippen LogP contribution in [-0.4, -0.2) is 35.4 Å². The van der Waals surface area contributed by atoms with E-state index in [1.807, 2.05) is 19.6 Å². The van der Waals surface area contributed by atoms with E-state index in [4.69, 9.17) is 9.47 Å². The smallest absolute Gasteiger partial charge is 0.119 e. The molecule has 1 aliphatic heterocycles. The van der Waals surface area contributed by atoms with Gasteiger partial charge in [-0.2, -0.15) is 0 Å². The Morgan fingerprint density at radius 2 is 2.16 bits per heavy atom. The van der Waals surface area contributed by atoms with Crippen molar-refractivity contribution < 1.29 is 9.47 Å². The molecule has 1 N–H and O–H groups in total. The second-order valence-electron chi connectivity index (χ2n) is 7.25. The third-order valence-electron chi connectivity index (χ3n) is 5.58. The molecule has 0 radical (unpaired) electrons. The van der Waals surface area contributed by atoms with Gasteiger partial charge in [0.05, 0.1) is 25.3 Å². The number of rotatable bonds is 4. The molecule has 2 heterocycles. The summed E-state index contributed by atoms with van der Waals surface area (Å²) in [4.78, 5) is 4.23. The van der Waals surface area contributed by atoms with Gasteiger partial charge in [-0.05, 0) is 55.4 Å². The van der Waals surface area contributed by atoms with Gasteiger partial charge in [0.1, 0.15) is 11.9 Å². The topological polar surface area (TPSA) is 48.3 Å². The van der Waals surface area contributed by atoms with Crippen LogP contribution in [0.3, 0.4) is 0 Å². The fourth-order valence-corrected chi connectivity index (χ4v) is 4.17. The molecule has 134 valence electrons. The molecule has 2 aromatic rings. The first-order chi connectivity index (χ1) is 12.2. The second-order valence-corrected chi connectivity index (χ2v) is 7.25. The Labute approximate surface area is 149 Å². The Morgan fingerprint density at radius 1 is 1.24 bits per heavy atom. The summed E-state index contributed by atoms with van der Waals surface area (Å²) < 4.78 is 13.4. The van der Waals surface area contributed by atoms with Crippen LogP contribution in [0, 0.1) is 0 Å². The molecule has 5 heteroatoms. The molecule has 1 aromatic heterocycles. The Hall–Kier alpha value is -1.85. The quantitative estimate of drug-likeness (QED) is 0.929. The minimum atomic E-state index is 0.148. The number of aryl methyl sites for hydroxylation is 2. The summed E-state index contributed by atoms with van der Waals surface area (Å²) in [7, 11) is 3.77. The van der Waals surface area contributed by atoms with E-state index in [1.54, 1.807) is 7.11 Å². The number of nitrogens with one attached hydrogen (secondary N) is 1. The number of hydrogen-bond donors (Lipinski definition) is 1. The van der Waals surface area contributed by atoms with Crippen molar-refractivity contribution in [2.24, 2.45) is 7.05 Å². The molecule has 5 nitrogen and oxygen atoms in total. The zero-order valence-electron chi connectivity index (χ0n) is 15.1. The van der Waals surface area contributed by atoms with Gasteiger partial charge >= 0.3 is 0 Å². The van der Waals surface area contributed by atoms with Gasteiger partial charge in [0.25, 0.3) is 0 Å². The first-order valence-electron chi connectivity index (χ1n) is 9.22. The lowest BCUT2D eigenvalue weighted by Crippen LogP contribution is -2.44. The third kappa shape index (κ3) is 3.58. The van der Waals surface area contributed by atoms with Crippen LogP contribution in [-0.2, 0) is 24.6 Å². The number of ether oxygens (including phenoxy) is 2. The molecule has 1 fully saturated rings. The summed E-state index contributed by atoms with van der Waals surface area (Å²) in [5.74, 6) is 0.960. The van der Waals surface area contributed by atoms with Crippen molar-refractivity contribution >= 4 is 0 Å². The van der Waals surface area contributed by atoms with Gasteiger partial charge in [-0.3, -0.25) is 0 Å². The van der Waals surface area contributed by atoms with E-state index in [0.29, 0.717) is 12.1 Å². The predicted molar refractivity (Wildman–Crippen MR) is 96.9 cm³/mol. The number of methoxy groups -OCH3 is 1. The molecule has 0 unspecified atom stereocenters. The van der Waals surface area contributed by atoms with E-state index in [1.165, 1.54) is 23.2 Å². The molecule has 1 aliphatic carbocycles. The van der Waals surface area contributed by atoms with Crippen LogP contribution < -0.4 is 10.1 Å². The summed E-state index contributed by atoms with van der Waals surface area (Å²) in [5.41, 5.74) is 4.07. The van der Waals surface area contributed by atoms with Crippen molar-refractivity contribution in [1.29, 1.82) is 0 Å². The Morgan fingerprint density at radius 3 is 2.96 bits per heavy atom. The highest BCUT2D eigenvalue weighted by Crippen LogP contribution is 2.30. The Balaban J connectivity index is 1.39. The van der Waals surface area contributed by atoms with Gasteiger partial charge in [-0.15, -0.1) is 0 Å². The highest BCUT2D eigenvalue weighted by molar-refractivity contribution is 5.37. The molecular weight excluding hydrogens is 314 g/mol. The molecular formula is C20H27N3O2. The van der Waals surface area contributed by atoms with Gasteiger partial charge < -0.3 is 19.4 Å². The number of fused-ring (bicyclic) bond motifs is 1. The van der Waals surface area contributed by atoms with Crippen molar-refractivity contribution in [3.63, 3.8) is 0 Å². The Bertz CT molecular complexity index is 727. The van der Waals surface area contributed by atoms with E-state index in [9.17, 15) is 0 Å². The van der Waals surface area contributed by atoms with Crippen LogP contribution in [0.25, 0.3) is 0 Å². The number of nitrogens with zero attached hydrogens (tertiary/aromatic N) is 2. The van der Waals surface area contributed by atoms with Gasteiger partial charge in [0, 0.05) is 25.7 Å². The molecule has 1 saturated heterocycles. The molecule has 25 heavy (non-hydrogen) atoms. The summed E-state index contributed by atoms with van der Waals surface area (Å²) in [6.07, 6.45) is 9.45. The van der Waals surface area contributed by atoms with Gasteiger partial charge in [0.15, 0.2) is 0 Å². The highest BCUT2D eigenvalue weighted by Gasteiger charge is 2.28. The fourth-order valence-electron chi connectivity index (χ4n) is 4.17. The summed E-state index contributed by atoms with van der Waals surface area (Å²) in [6, 6.07) is 7.53. The maximum Gasteiger partial charge on any atom is 0.119 e. The van der Waals surface area contributed by atoms with E-state index < -0.39 is 0 Å². The van der Waals surface area contributed by atoms with E-state index in [2.05, 4.69) is 33.1 Å².